The molecule has 1 fully saturated rings. The molecule has 0 radical (unpaired) electrons. The second-order valence-corrected chi connectivity index (χ2v) is 30.2. The number of nitrogens with one attached hydrogen (secondary N) is 1. The molecule has 0 aromatic rings. The third kappa shape index (κ3) is 64.9. The minimum absolute atomic E-state index is 0.0192. The van der Waals surface area contributed by atoms with Crippen molar-refractivity contribution in [1.82, 2.24) is 5.32 Å². The van der Waals surface area contributed by atoms with Crippen LogP contribution in [0.4, 0.5) is 0 Å². The number of unbranched alkanes of at least 4 members (excludes halogenated alkanes) is 58. The van der Waals surface area contributed by atoms with Crippen molar-refractivity contribution in [2.75, 3.05) is 19.8 Å². The van der Waals surface area contributed by atoms with Crippen molar-refractivity contribution < 1.29 is 49.3 Å². The number of carbonyl (C=O) groups excluding carboxylic acids is 2. The van der Waals surface area contributed by atoms with Crippen LogP contribution in [0.25, 0.3) is 0 Å². The molecule has 0 bridgehead atoms. The minimum atomic E-state index is -1.58. The van der Waals surface area contributed by atoms with Gasteiger partial charge in [-0.05, 0) is 77.0 Å². The van der Waals surface area contributed by atoms with Gasteiger partial charge >= 0.3 is 5.97 Å². The van der Waals surface area contributed by atoms with E-state index < -0.39 is 49.5 Å². The van der Waals surface area contributed by atoms with Crippen LogP contribution in [-0.4, -0.2) is 100 Å². The Bertz CT molecular complexity index is 1790. The monoisotopic (exact) mass is 1400 g/mol. The zero-order valence-corrected chi connectivity index (χ0v) is 65.2. The smallest absolute Gasteiger partial charge is 0.305 e. The van der Waals surface area contributed by atoms with Gasteiger partial charge in [0, 0.05) is 12.8 Å². The molecular weight excluding hydrogens is 1230 g/mol. The predicted molar refractivity (Wildman–Crippen MR) is 421 cm³/mol. The number of hydrogen-bond donors (Lipinski definition) is 6. The van der Waals surface area contributed by atoms with E-state index in [1.165, 1.54) is 353 Å². The number of aliphatic hydroxyl groups excluding tert-OH is 5. The molecule has 6 N–H and O–H groups in total. The number of rotatable bonds is 78. The molecule has 1 heterocycles. The number of amides is 1. The van der Waals surface area contributed by atoms with Crippen LogP contribution < -0.4 is 5.32 Å². The zero-order valence-electron chi connectivity index (χ0n) is 65.2. The summed E-state index contributed by atoms with van der Waals surface area (Å²) in [6, 6.07) is -0.826. The molecule has 0 spiro atoms. The van der Waals surface area contributed by atoms with Gasteiger partial charge in [0.15, 0.2) is 6.29 Å². The Labute approximate surface area is 612 Å². The number of aliphatic hydroxyl groups is 5. The van der Waals surface area contributed by atoms with Gasteiger partial charge in [-0.25, -0.2) is 0 Å². The van der Waals surface area contributed by atoms with E-state index in [0.29, 0.717) is 19.4 Å². The summed E-state index contributed by atoms with van der Waals surface area (Å²) >= 11 is 0. The maximum Gasteiger partial charge on any atom is 0.305 e. The SMILES string of the molecule is CCCCCCCCCCC/C=C/CC/C=C/C(O)C(COC1OC(CO)C(O)C(O)C1O)NC(=O)CCCCCCCCCCCCCCCCCCC/C=C\C/C=C\CCCCCCCCCCCCCCCCCOC(=O)CCCCCCCCCCCCCCCCCCC. The molecule has 1 rings (SSSR count). The Morgan fingerprint density at radius 2 is 0.687 bits per heavy atom. The lowest BCUT2D eigenvalue weighted by atomic mass is 9.99. The van der Waals surface area contributed by atoms with E-state index in [1.54, 1.807) is 6.08 Å². The summed E-state index contributed by atoms with van der Waals surface area (Å²) in [5.74, 6) is -0.167. The Morgan fingerprint density at radius 3 is 1.06 bits per heavy atom. The van der Waals surface area contributed by atoms with Gasteiger partial charge in [0.05, 0.1) is 32.0 Å². The quantitative estimate of drug-likeness (QED) is 0.0195. The van der Waals surface area contributed by atoms with Crippen molar-refractivity contribution >= 4 is 11.9 Å². The third-order valence-electron chi connectivity index (χ3n) is 20.7. The Morgan fingerprint density at radius 1 is 0.374 bits per heavy atom. The van der Waals surface area contributed by atoms with Crippen LogP contribution in [0.3, 0.4) is 0 Å². The van der Waals surface area contributed by atoms with Crippen LogP contribution in [0.1, 0.15) is 438 Å². The lowest BCUT2D eigenvalue weighted by Crippen LogP contribution is -2.60. The summed E-state index contributed by atoms with van der Waals surface area (Å²) in [7, 11) is 0. The van der Waals surface area contributed by atoms with E-state index in [0.717, 1.165) is 57.8 Å². The van der Waals surface area contributed by atoms with Crippen LogP contribution >= 0.6 is 0 Å². The summed E-state index contributed by atoms with van der Waals surface area (Å²) in [4.78, 5) is 25.2. The average molecular weight is 1400 g/mol. The topological polar surface area (TPSA) is 175 Å². The van der Waals surface area contributed by atoms with Gasteiger partial charge in [0.2, 0.25) is 5.91 Å². The highest BCUT2D eigenvalue weighted by atomic mass is 16.7. The van der Waals surface area contributed by atoms with Crippen molar-refractivity contribution in [1.29, 1.82) is 0 Å². The van der Waals surface area contributed by atoms with E-state index >= 15 is 0 Å². The number of hydrogen-bond acceptors (Lipinski definition) is 10. The second kappa shape index (κ2) is 76.7. The highest BCUT2D eigenvalue weighted by Crippen LogP contribution is 2.24. The summed E-state index contributed by atoms with van der Waals surface area (Å²) in [6.45, 7) is 4.39. The molecule has 0 aromatic heterocycles. The van der Waals surface area contributed by atoms with Crippen LogP contribution in [0, 0.1) is 0 Å². The van der Waals surface area contributed by atoms with Gasteiger partial charge in [-0.2, -0.15) is 0 Å². The second-order valence-electron chi connectivity index (χ2n) is 30.2. The third-order valence-corrected chi connectivity index (χ3v) is 20.7. The van der Waals surface area contributed by atoms with Crippen molar-refractivity contribution in [3.05, 3.63) is 48.6 Å². The van der Waals surface area contributed by atoms with Gasteiger partial charge in [-0.15, -0.1) is 0 Å². The normalized spacial score (nSPS) is 17.3. The molecule has 1 aliphatic rings. The fourth-order valence-corrected chi connectivity index (χ4v) is 13.9. The molecular formula is C88H165NO10. The standard InChI is InChI=1S/C88H165NO10/c1-3-5-7-9-11-13-15-17-19-43-48-52-56-60-64-68-72-76-84(93)97-77-73-69-65-61-57-53-49-45-42-40-38-36-34-32-30-28-26-24-22-20-21-23-25-27-29-31-33-35-37-39-41-44-47-51-55-59-63-67-71-75-83(92)89-80(79-98-88-87(96)86(95)85(94)82(78-90)99-88)81(91)74-70-66-62-58-54-50-46-18-16-14-12-10-8-6-4-2/h20-21,24,26,54,58,70,74,80-82,85-88,90-91,94-96H,3-19,22-23,25,27-53,55-57,59-69,71-73,75-79H2,1-2H3,(H,89,92)/b21-20-,26-24-,58-54+,74-70+. The Hall–Kier alpha value is -2.38. The first-order valence-corrected chi connectivity index (χ1v) is 43.4. The van der Waals surface area contributed by atoms with E-state index in [1.807, 2.05) is 6.08 Å². The number of allylic oxidation sites excluding steroid dienone is 7. The first kappa shape index (κ1) is 94.6. The molecule has 7 unspecified atom stereocenters. The van der Waals surface area contributed by atoms with Crippen molar-refractivity contribution in [2.24, 2.45) is 0 Å². The number of ether oxygens (including phenoxy) is 3. The van der Waals surface area contributed by atoms with Crippen molar-refractivity contribution in [3.63, 3.8) is 0 Å². The molecule has 582 valence electrons. The molecule has 0 saturated carbocycles. The van der Waals surface area contributed by atoms with Gasteiger partial charge in [-0.3, -0.25) is 9.59 Å². The summed E-state index contributed by atoms with van der Waals surface area (Å²) in [6.07, 6.45) is 93.1. The number of carbonyl (C=O) groups is 2. The average Bonchev–Trinajstić information content (AvgIpc) is 0.834. The molecule has 1 aliphatic heterocycles. The van der Waals surface area contributed by atoms with E-state index in [4.69, 9.17) is 14.2 Å². The first-order chi connectivity index (χ1) is 48.7. The highest BCUT2D eigenvalue weighted by Gasteiger charge is 2.44. The van der Waals surface area contributed by atoms with Crippen LogP contribution in [0.5, 0.6) is 0 Å². The molecule has 7 atom stereocenters. The molecule has 11 nitrogen and oxygen atoms in total. The van der Waals surface area contributed by atoms with Gasteiger partial charge in [0.25, 0.3) is 0 Å². The van der Waals surface area contributed by atoms with Crippen LogP contribution in [-0.2, 0) is 23.8 Å². The first-order valence-electron chi connectivity index (χ1n) is 43.4. The van der Waals surface area contributed by atoms with E-state index in [9.17, 15) is 35.1 Å². The lowest BCUT2D eigenvalue weighted by molar-refractivity contribution is -0.302. The van der Waals surface area contributed by atoms with Crippen molar-refractivity contribution in [3.8, 4) is 0 Å². The van der Waals surface area contributed by atoms with E-state index in [2.05, 4.69) is 55.6 Å². The summed E-state index contributed by atoms with van der Waals surface area (Å²) < 4.78 is 16.8. The molecule has 0 aromatic carbocycles. The fraction of sp³-hybridized carbons (Fsp3) is 0.886. The summed E-state index contributed by atoms with van der Waals surface area (Å²) in [5.41, 5.74) is 0. The van der Waals surface area contributed by atoms with Gasteiger partial charge < -0.3 is 45.1 Å². The highest BCUT2D eigenvalue weighted by molar-refractivity contribution is 5.76. The molecule has 1 saturated heterocycles. The van der Waals surface area contributed by atoms with Gasteiger partial charge in [-0.1, -0.05) is 396 Å². The van der Waals surface area contributed by atoms with Crippen LogP contribution in [0.15, 0.2) is 48.6 Å². The van der Waals surface area contributed by atoms with Gasteiger partial charge in [0.1, 0.15) is 24.4 Å². The van der Waals surface area contributed by atoms with Crippen molar-refractivity contribution in [2.45, 2.75) is 480 Å². The largest absolute Gasteiger partial charge is 0.466 e. The maximum atomic E-state index is 13.1. The molecule has 11 heteroatoms. The van der Waals surface area contributed by atoms with Crippen LogP contribution in [0.2, 0.25) is 0 Å². The molecule has 1 amide bonds. The predicted octanol–water partition coefficient (Wildman–Crippen LogP) is 24.2. The Kier molecular flexibility index (Phi) is 73.4. The van der Waals surface area contributed by atoms with E-state index in [-0.39, 0.29) is 18.5 Å². The molecule has 99 heavy (non-hydrogen) atoms. The zero-order chi connectivity index (χ0) is 71.5. The summed E-state index contributed by atoms with van der Waals surface area (Å²) in [5, 5.41) is 54.6. The number of esters is 1. The Balaban J connectivity index is 1.90. The maximum absolute atomic E-state index is 13.1. The molecule has 0 aliphatic carbocycles. The lowest BCUT2D eigenvalue weighted by Gasteiger charge is -2.40. The minimum Gasteiger partial charge on any atom is -0.466 e. The fourth-order valence-electron chi connectivity index (χ4n) is 13.9.